The molecule has 0 unspecified atom stereocenters. The molecule has 0 aliphatic rings. The minimum absolute atomic E-state index is 0.958. The van der Waals surface area contributed by atoms with Gasteiger partial charge in [0.15, 0.2) is 0 Å². The maximum atomic E-state index is 5.11. The molecule has 0 spiro atoms. The van der Waals surface area contributed by atoms with Crippen molar-refractivity contribution < 1.29 is 0 Å². The van der Waals surface area contributed by atoms with Gasteiger partial charge in [-0.15, -0.1) is 0 Å². The summed E-state index contributed by atoms with van der Waals surface area (Å²) in [6, 6.07) is 45.2. The van der Waals surface area contributed by atoms with Gasteiger partial charge in [0.25, 0.3) is 0 Å². The van der Waals surface area contributed by atoms with Crippen molar-refractivity contribution in [3.8, 4) is 22.5 Å². The second kappa shape index (κ2) is 8.22. The highest BCUT2D eigenvalue weighted by Gasteiger charge is 2.13. The molecule has 0 bridgehead atoms. The first-order chi connectivity index (χ1) is 18.8. The summed E-state index contributed by atoms with van der Waals surface area (Å²) in [6.45, 7) is 0. The average Bonchev–Trinajstić information content (AvgIpc) is 3.00. The highest BCUT2D eigenvalue weighted by atomic mass is 14.7. The molecule has 0 N–H and O–H groups in total. The van der Waals surface area contributed by atoms with E-state index in [2.05, 4.69) is 127 Å². The smallest absolute Gasteiger partial charge is 0.0803 e. The van der Waals surface area contributed by atoms with Crippen molar-refractivity contribution in [2.75, 3.05) is 0 Å². The topological polar surface area (TPSA) is 25.8 Å². The van der Waals surface area contributed by atoms with Crippen LogP contribution in [-0.2, 0) is 0 Å². The van der Waals surface area contributed by atoms with E-state index in [1.807, 2.05) is 6.20 Å². The number of hydrogen-bond donors (Lipinski definition) is 0. The van der Waals surface area contributed by atoms with E-state index in [1.54, 1.807) is 0 Å². The van der Waals surface area contributed by atoms with Crippen molar-refractivity contribution in [1.29, 1.82) is 0 Å². The van der Waals surface area contributed by atoms with Gasteiger partial charge in [-0.1, -0.05) is 103 Å². The zero-order valence-electron chi connectivity index (χ0n) is 20.6. The fraction of sp³-hybridized carbons (Fsp3) is 0. The van der Waals surface area contributed by atoms with E-state index in [9.17, 15) is 0 Å². The fourth-order valence-corrected chi connectivity index (χ4v) is 5.82. The predicted octanol–water partition coefficient (Wildman–Crippen LogP) is 9.58. The lowest BCUT2D eigenvalue weighted by molar-refractivity contribution is 1.31. The molecule has 0 saturated carbocycles. The van der Waals surface area contributed by atoms with Crippen LogP contribution in [0.3, 0.4) is 0 Å². The molecule has 2 heterocycles. The van der Waals surface area contributed by atoms with Crippen LogP contribution >= 0.6 is 0 Å². The normalized spacial score (nSPS) is 11.7. The number of para-hydroxylation sites is 1. The van der Waals surface area contributed by atoms with Crippen molar-refractivity contribution >= 4 is 54.0 Å². The third-order valence-corrected chi connectivity index (χ3v) is 7.67. The van der Waals surface area contributed by atoms with Gasteiger partial charge < -0.3 is 0 Å². The Hall–Kier alpha value is -5.08. The number of nitrogens with zero attached hydrogens (tertiary/aromatic N) is 2. The lowest BCUT2D eigenvalue weighted by Crippen LogP contribution is -1.92. The molecule has 176 valence electrons. The van der Waals surface area contributed by atoms with E-state index in [4.69, 9.17) is 9.97 Å². The first-order valence-corrected chi connectivity index (χ1v) is 12.9. The van der Waals surface area contributed by atoms with Gasteiger partial charge in [-0.05, 0) is 56.6 Å². The lowest BCUT2D eigenvalue weighted by atomic mass is 9.95. The molecule has 0 radical (unpaired) electrons. The van der Waals surface area contributed by atoms with Crippen LogP contribution in [0.2, 0.25) is 0 Å². The highest BCUT2D eigenvalue weighted by Crippen LogP contribution is 2.37. The van der Waals surface area contributed by atoms with E-state index in [-0.39, 0.29) is 0 Å². The van der Waals surface area contributed by atoms with Crippen LogP contribution in [0.25, 0.3) is 76.5 Å². The quantitative estimate of drug-likeness (QED) is 0.229. The zero-order chi connectivity index (χ0) is 25.1. The molecule has 38 heavy (non-hydrogen) atoms. The number of aromatic nitrogens is 2. The Bertz CT molecular complexity index is 2160. The second-order valence-corrected chi connectivity index (χ2v) is 9.84. The van der Waals surface area contributed by atoms with Crippen LogP contribution < -0.4 is 0 Å². The van der Waals surface area contributed by atoms with Crippen molar-refractivity contribution in [2.24, 2.45) is 0 Å². The van der Waals surface area contributed by atoms with Crippen LogP contribution in [0.4, 0.5) is 0 Å². The van der Waals surface area contributed by atoms with Crippen molar-refractivity contribution in [2.45, 2.75) is 0 Å². The minimum Gasteiger partial charge on any atom is -0.256 e. The molecule has 0 fully saturated rings. The zero-order valence-corrected chi connectivity index (χ0v) is 20.6. The standard InChI is InChI=1S/C36H22N2/c1-3-9-28-23(7-1)13-14-25-21-26(16-18-29(25)28)33-20-17-27(22-37-33)36-32-19-15-24-8-2-4-10-30(24)35(32)31-11-5-6-12-34(31)38-36/h1-22H. The maximum absolute atomic E-state index is 5.11. The summed E-state index contributed by atoms with van der Waals surface area (Å²) < 4.78 is 0. The summed E-state index contributed by atoms with van der Waals surface area (Å²) in [5, 5.41) is 11.1. The molecule has 0 aliphatic heterocycles. The van der Waals surface area contributed by atoms with Crippen LogP contribution in [0.15, 0.2) is 134 Å². The Morgan fingerprint density at radius 2 is 1.05 bits per heavy atom. The Morgan fingerprint density at radius 3 is 1.89 bits per heavy atom. The average molecular weight is 483 g/mol. The second-order valence-electron chi connectivity index (χ2n) is 9.84. The lowest BCUT2D eigenvalue weighted by Gasteiger charge is -2.13. The summed E-state index contributed by atoms with van der Waals surface area (Å²) in [6.07, 6.45) is 1.96. The Kier molecular flexibility index (Phi) is 4.55. The Labute approximate surface area is 219 Å². The van der Waals surface area contributed by atoms with Gasteiger partial charge in [0.1, 0.15) is 0 Å². The third-order valence-electron chi connectivity index (χ3n) is 7.67. The number of benzene rings is 6. The number of hydrogen-bond acceptors (Lipinski definition) is 2. The molecule has 6 aromatic carbocycles. The summed E-state index contributed by atoms with van der Waals surface area (Å²) in [7, 11) is 0. The maximum Gasteiger partial charge on any atom is 0.0803 e. The molecule has 0 atom stereocenters. The summed E-state index contributed by atoms with van der Waals surface area (Å²) >= 11 is 0. The van der Waals surface area contributed by atoms with Gasteiger partial charge in [-0.25, -0.2) is 4.98 Å². The third kappa shape index (κ3) is 3.21. The van der Waals surface area contributed by atoms with Gasteiger partial charge >= 0.3 is 0 Å². The number of fused-ring (bicyclic) bond motifs is 8. The van der Waals surface area contributed by atoms with Crippen molar-refractivity contribution in [3.05, 3.63) is 134 Å². The van der Waals surface area contributed by atoms with Crippen LogP contribution in [-0.4, -0.2) is 9.97 Å². The largest absolute Gasteiger partial charge is 0.256 e. The van der Waals surface area contributed by atoms with Crippen LogP contribution in [0.1, 0.15) is 0 Å². The van der Waals surface area contributed by atoms with Crippen LogP contribution in [0.5, 0.6) is 0 Å². The van der Waals surface area contributed by atoms with Crippen molar-refractivity contribution in [3.63, 3.8) is 0 Å². The molecule has 0 saturated heterocycles. The van der Waals surface area contributed by atoms with Gasteiger partial charge in [-0.3, -0.25) is 4.98 Å². The monoisotopic (exact) mass is 482 g/mol. The SMILES string of the molecule is c1ccc2c(c1)ccc1cc(-c3ccc(-c4nc5ccccc5c5c4ccc4ccccc45)cn3)ccc12. The molecule has 2 heteroatoms. The first kappa shape index (κ1) is 21.0. The molecule has 2 aromatic heterocycles. The summed E-state index contributed by atoms with van der Waals surface area (Å²) in [5.74, 6) is 0. The van der Waals surface area contributed by atoms with Crippen molar-refractivity contribution in [1.82, 2.24) is 9.97 Å². The van der Waals surface area contributed by atoms with Gasteiger partial charge in [0.2, 0.25) is 0 Å². The molecule has 0 amide bonds. The molecule has 8 rings (SSSR count). The number of pyridine rings is 2. The van der Waals surface area contributed by atoms with E-state index in [0.717, 1.165) is 33.4 Å². The predicted molar refractivity (Wildman–Crippen MR) is 160 cm³/mol. The van der Waals surface area contributed by atoms with E-state index >= 15 is 0 Å². The summed E-state index contributed by atoms with van der Waals surface area (Å²) in [4.78, 5) is 10.0. The molecule has 2 nitrogen and oxygen atoms in total. The molecule has 0 aliphatic carbocycles. The van der Waals surface area contributed by atoms with Gasteiger partial charge in [0, 0.05) is 33.5 Å². The number of rotatable bonds is 2. The molecule has 8 aromatic rings. The van der Waals surface area contributed by atoms with Gasteiger partial charge in [0.05, 0.1) is 16.9 Å². The highest BCUT2D eigenvalue weighted by molar-refractivity contribution is 6.22. The van der Waals surface area contributed by atoms with Gasteiger partial charge in [-0.2, -0.15) is 0 Å². The molecular formula is C36H22N2. The first-order valence-electron chi connectivity index (χ1n) is 12.9. The van der Waals surface area contributed by atoms with Crippen LogP contribution in [0, 0.1) is 0 Å². The van der Waals surface area contributed by atoms with E-state index in [1.165, 1.54) is 43.1 Å². The van der Waals surface area contributed by atoms with E-state index < -0.39 is 0 Å². The van der Waals surface area contributed by atoms with E-state index in [0.29, 0.717) is 0 Å². The fourth-order valence-electron chi connectivity index (χ4n) is 5.82. The molecular weight excluding hydrogens is 460 g/mol. The summed E-state index contributed by atoms with van der Waals surface area (Å²) in [5.41, 5.74) is 5.05. The Balaban J connectivity index is 1.28. The Morgan fingerprint density at radius 1 is 0.421 bits per heavy atom. The minimum atomic E-state index is 0.958.